The van der Waals surface area contributed by atoms with Crippen molar-refractivity contribution >= 4 is 11.6 Å². The lowest BCUT2D eigenvalue weighted by Crippen LogP contribution is -2.29. The molecule has 106 valence electrons. The molecule has 1 heterocycles. The first kappa shape index (κ1) is 14.1. The van der Waals surface area contributed by atoms with Crippen LogP contribution in [-0.2, 0) is 6.42 Å². The molecule has 0 spiro atoms. The van der Waals surface area contributed by atoms with E-state index in [1.165, 1.54) is 32.1 Å². The van der Waals surface area contributed by atoms with E-state index < -0.39 is 0 Å². The number of rotatable bonds is 5. The van der Waals surface area contributed by atoms with E-state index in [4.69, 9.17) is 5.84 Å². The van der Waals surface area contributed by atoms with Crippen molar-refractivity contribution in [2.24, 2.45) is 11.8 Å². The van der Waals surface area contributed by atoms with Crippen LogP contribution in [0.5, 0.6) is 0 Å². The molecule has 1 aromatic rings. The minimum atomic E-state index is 0.450. The van der Waals surface area contributed by atoms with Crippen molar-refractivity contribution in [3.63, 3.8) is 0 Å². The average Bonchev–Trinajstić information content (AvgIpc) is 2.47. The van der Waals surface area contributed by atoms with E-state index in [1.54, 1.807) is 6.33 Å². The van der Waals surface area contributed by atoms with Gasteiger partial charge in [-0.1, -0.05) is 26.2 Å². The van der Waals surface area contributed by atoms with E-state index in [9.17, 15) is 0 Å². The molecule has 1 saturated carbocycles. The minimum absolute atomic E-state index is 0.450. The molecule has 4 N–H and O–H groups in total. The largest absolute Gasteiger partial charge is 0.367 e. The van der Waals surface area contributed by atoms with Gasteiger partial charge in [0.2, 0.25) is 0 Å². The summed E-state index contributed by atoms with van der Waals surface area (Å²) in [7, 11) is 0. The normalized spacial score (nSPS) is 18.1. The first-order valence-electron chi connectivity index (χ1n) is 7.33. The van der Waals surface area contributed by atoms with Crippen LogP contribution in [0.4, 0.5) is 11.6 Å². The van der Waals surface area contributed by atoms with Gasteiger partial charge in [-0.25, -0.2) is 15.8 Å². The Morgan fingerprint density at radius 3 is 2.58 bits per heavy atom. The Morgan fingerprint density at radius 2 is 1.95 bits per heavy atom. The molecule has 0 aromatic carbocycles. The average molecular weight is 263 g/mol. The lowest BCUT2D eigenvalue weighted by Gasteiger charge is -2.29. The number of anilines is 2. The predicted octanol–water partition coefficient (Wildman–Crippen LogP) is 2.71. The highest BCUT2D eigenvalue weighted by molar-refractivity contribution is 5.57. The fourth-order valence-electron chi connectivity index (χ4n) is 2.96. The van der Waals surface area contributed by atoms with Gasteiger partial charge in [0.25, 0.3) is 0 Å². The quantitative estimate of drug-likeness (QED) is 0.562. The molecule has 0 amide bonds. The zero-order chi connectivity index (χ0) is 13.7. The second-order valence-electron chi connectivity index (χ2n) is 5.38. The first-order valence-corrected chi connectivity index (χ1v) is 7.33. The van der Waals surface area contributed by atoms with Crippen molar-refractivity contribution < 1.29 is 0 Å². The van der Waals surface area contributed by atoms with Gasteiger partial charge in [-0.05, 0) is 32.1 Å². The van der Waals surface area contributed by atoms with Crippen LogP contribution >= 0.6 is 0 Å². The number of nitrogens with zero attached hydrogens (tertiary/aromatic N) is 2. The molecule has 1 atom stereocenters. The van der Waals surface area contributed by atoms with E-state index in [1.807, 2.05) is 0 Å². The Balaban J connectivity index is 2.09. The summed E-state index contributed by atoms with van der Waals surface area (Å²) >= 11 is 0. The van der Waals surface area contributed by atoms with Gasteiger partial charge in [-0.3, -0.25) is 0 Å². The molecule has 5 nitrogen and oxygen atoms in total. The smallest absolute Gasteiger partial charge is 0.148 e. The summed E-state index contributed by atoms with van der Waals surface area (Å²) in [4.78, 5) is 8.54. The zero-order valence-corrected chi connectivity index (χ0v) is 11.9. The second kappa shape index (κ2) is 6.70. The Labute approximate surface area is 115 Å². The standard InChI is InChI=1S/C14H25N5/c1-3-12-13(16-9-17-14(12)19-15)18-10(2)11-7-5-4-6-8-11/h9-11H,3-8,15H2,1-2H3,(H2,16,17,18,19). The Hall–Kier alpha value is -1.36. The molecule has 0 bridgehead atoms. The van der Waals surface area contributed by atoms with Gasteiger partial charge in [0.15, 0.2) is 0 Å². The highest BCUT2D eigenvalue weighted by Crippen LogP contribution is 2.29. The van der Waals surface area contributed by atoms with Gasteiger partial charge in [0.05, 0.1) is 0 Å². The third kappa shape index (κ3) is 3.35. The van der Waals surface area contributed by atoms with Crippen molar-refractivity contribution in [1.82, 2.24) is 9.97 Å². The predicted molar refractivity (Wildman–Crippen MR) is 78.9 cm³/mol. The van der Waals surface area contributed by atoms with E-state index in [-0.39, 0.29) is 0 Å². The summed E-state index contributed by atoms with van der Waals surface area (Å²) in [5.74, 6) is 7.89. The topological polar surface area (TPSA) is 75.9 Å². The molecule has 0 aliphatic heterocycles. The number of nitrogens with two attached hydrogens (primary N) is 1. The molecule has 5 heteroatoms. The molecule has 0 radical (unpaired) electrons. The van der Waals surface area contributed by atoms with Crippen LogP contribution in [0, 0.1) is 5.92 Å². The van der Waals surface area contributed by atoms with E-state index in [0.717, 1.165) is 29.5 Å². The number of hydrazine groups is 1. The van der Waals surface area contributed by atoms with Crippen molar-refractivity contribution in [1.29, 1.82) is 0 Å². The summed E-state index contributed by atoms with van der Waals surface area (Å²) in [5, 5.41) is 3.56. The number of nitrogens with one attached hydrogen (secondary N) is 2. The zero-order valence-electron chi connectivity index (χ0n) is 11.9. The highest BCUT2D eigenvalue weighted by Gasteiger charge is 2.21. The highest BCUT2D eigenvalue weighted by atomic mass is 15.3. The fourth-order valence-corrected chi connectivity index (χ4v) is 2.96. The van der Waals surface area contributed by atoms with Gasteiger partial charge < -0.3 is 10.7 Å². The molecule has 1 unspecified atom stereocenters. The molecule has 19 heavy (non-hydrogen) atoms. The Bertz CT molecular complexity index is 401. The molecule has 1 aliphatic rings. The van der Waals surface area contributed by atoms with Crippen LogP contribution < -0.4 is 16.6 Å². The van der Waals surface area contributed by atoms with Crippen molar-refractivity contribution in [2.45, 2.75) is 58.4 Å². The van der Waals surface area contributed by atoms with Gasteiger partial charge in [0.1, 0.15) is 18.0 Å². The van der Waals surface area contributed by atoms with E-state index in [0.29, 0.717) is 6.04 Å². The summed E-state index contributed by atoms with van der Waals surface area (Å²) < 4.78 is 0. The number of nitrogen functional groups attached to an aromatic ring is 1. The van der Waals surface area contributed by atoms with Gasteiger partial charge >= 0.3 is 0 Å². The van der Waals surface area contributed by atoms with Crippen molar-refractivity contribution in [3.05, 3.63) is 11.9 Å². The first-order chi connectivity index (χ1) is 9.26. The maximum atomic E-state index is 5.50. The van der Waals surface area contributed by atoms with Crippen LogP contribution in [0.3, 0.4) is 0 Å². The Kier molecular flexibility index (Phi) is 4.96. The number of hydrogen-bond acceptors (Lipinski definition) is 5. The minimum Gasteiger partial charge on any atom is -0.367 e. The summed E-state index contributed by atoms with van der Waals surface area (Å²) in [6.07, 6.45) is 9.17. The lowest BCUT2D eigenvalue weighted by molar-refractivity contribution is 0.328. The summed E-state index contributed by atoms with van der Waals surface area (Å²) in [6, 6.07) is 0.450. The summed E-state index contributed by atoms with van der Waals surface area (Å²) in [6.45, 7) is 4.35. The Morgan fingerprint density at radius 1 is 1.26 bits per heavy atom. The molecule has 1 aromatic heterocycles. The van der Waals surface area contributed by atoms with Crippen LogP contribution in [-0.4, -0.2) is 16.0 Å². The van der Waals surface area contributed by atoms with E-state index >= 15 is 0 Å². The van der Waals surface area contributed by atoms with Crippen molar-refractivity contribution in [2.75, 3.05) is 10.7 Å². The van der Waals surface area contributed by atoms with Gasteiger partial charge in [-0.2, -0.15) is 0 Å². The maximum absolute atomic E-state index is 5.50. The lowest BCUT2D eigenvalue weighted by atomic mass is 9.84. The fraction of sp³-hybridized carbons (Fsp3) is 0.714. The maximum Gasteiger partial charge on any atom is 0.148 e. The third-order valence-corrected chi connectivity index (χ3v) is 4.16. The monoisotopic (exact) mass is 263 g/mol. The van der Waals surface area contributed by atoms with Gasteiger partial charge in [0, 0.05) is 11.6 Å². The molecular weight excluding hydrogens is 238 g/mol. The molecule has 1 fully saturated rings. The molecule has 1 aliphatic carbocycles. The molecule has 2 rings (SSSR count). The van der Waals surface area contributed by atoms with Crippen molar-refractivity contribution in [3.8, 4) is 0 Å². The van der Waals surface area contributed by atoms with Crippen LogP contribution in [0.25, 0.3) is 0 Å². The van der Waals surface area contributed by atoms with Gasteiger partial charge in [-0.15, -0.1) is 0 Å². The SMILES string of the molecule is CCc1c(NN)ncnc1NC(C)C1CCCCC1. The molecule has 0 saturated heterocycles. The van der Waals surface area contributed by atoms with Crippen LogP contribution in [0.1, 0.15) is 51.5 Å². The van der Waals surface area contributed by atoms with E-state index in [2.05, 4.69) is 34.6 Å². The van der Waals surface area contributed by atoms with Crippen LogP contribution in [0.15, 0.2) is 6.33 Å². The van der Waals surface area contributed by atoms with Crippen LogP contribution in [0.2, 0.25) is 0 Å². The third-order valence-electron chi connectivity index (χ3n) is 4.16. The molecular formula is C14H25N5. The number of hydrogen-bond donors (Lipinski definition) is 3. The number of aromatic nitrogens is 2. The summed E-state index contributed by atoms with van der Waals surface area (Å²) in [5.41, 5.74) is 3.71. The second-order valence-corrected chi connectivity index (χ2v) is 5.38.